The standard InChI is InChI=1S/C18H24N2/c1-4-14-5-9-16(10-6-14)18(20(2)3)17-11-7-15(13-19)8-12-17/h5-12,18H,4,13,19H2,1-3H3. The first-order valence-corrected chi connectivity index (χ1v) is 7.20. The molecule has 0 spiro atoms. The number of benzene rings is 2. The first-order chi connectivity index (χ1) is 9.65. The molecule has 0 aromatic heterocycles. The highest BCUT2D eigenvalue weighted by atomic mass is 15.1. The summed E-state index contributed by atoms with van der Waals surface area (Å²) >= 11 is 0. The Balaban J connectivity index is 2.33. The molecule has 1 unspecified atom stereocenters. The van der Waals surface area contributed by atoms with Crippen LogP contribution in [0, 0.1) is 0 Å². The Morgan fingerprint density at radius 1 is 0.850 bits per heavy atom. The van der Waals surface area contributed by atoms with Gasteiger partial charge in [-0.25, -0.2) is 0 Å². The number of rotatable bonds is 5. The van der Waals surface area contributed by atoms with E-state index in [1.165, 1.54) is 22.3 Å². The molecule has 2 rings (SSSR count). The number of hydrogen-bond donors (Lipinski definition) is 1. The minimum Gasteiger partial charge on any atom is -0.326 e. The number of hydrogen-bond acceptors (Lipinski definition) is 2. The Morgan fingerprint density at radius 3 is 1.65 bits per heavy atom. The van der Waals surface area contributed by atoms with Gasteiger partial charge in [0.05, 0.1) is 6.04 Å². The van der Waals surface area contributed by atoms with Gasteiger partial charge in [-0.1, -0.05) is 55.5 Å². The summed E-state index contributed by atoms with van der Waals surface area (Å²) < 4.78 is 0. The van der Waals surface area contributed by atoms with Gasteiger partial charge in [0.25, 0.3) is 0 Å². The van der Waals surface area contributed by atoms with Crippen LogP contribution in [0.15, 0.2) is 48.5 Å². The Labute approximate surface area is 122 Å². The van der Waals surface area contributed by atoms with Gasteiger partial charge in [0.2, 0.25) is 0 Å². The van der Waals surface area contributed by atoms with Crippen molar-refractivity contribution < 1.29 is 0 Å². The topological polar surface area (TPSA) is 29.3 Å². The fourth-order valence-corrected chi connectivity index (χ4v) is 2.56. The van der Waals surface area contributed by atoms with Crippen molar-refractivity contribution in [2.45, 2.75) is 25.9 Å². The maximum atomic E-state index is 5.67. The Bertz CT molecular complexity index is 479. The van der Waals surface area contributed by atoms with E-state index >= 15 is 0 Å². The minimum atomic E-state index is 0.285. The predicted molar refractivity (Wildman–Crippen MR) is 85.7 cm³/mol. The molecule has 0 amide bonds. The second-order valence-corrected chi connectivity index (χ2v) is 5.41. The highest BCUT2D eigenvalue weighted by Crippen LogP contribution is 2.27. The summed E-state index contributed by atoms with van der Waals surface area (Å²) in [7, 11) is 4.24. The molecule has 0 saturated carbocycles. The van der Waals surface area contributed by atoms with Crippen LogP contribution < -0.4 is 5.73 Å². The van der Waals surface area contributed by atoms with Crippen molar-refractivity contribution in [1.82, 2.24) is 4.90 Å². The van der Waals surface area contributed by atoms with Crippen LogP contribution >= 0.6 is 0 Å². The van der Waals surface area contributed by atoms with Crippen LogP contribution in [0.25, 0.3) is 0 Å². The van der Waals surface area contributed by atoms with Gasteiger partial charge in [0.15, 0.2) is 0 Å². The van der Waals surface area contributed by atoms with E-state index in [1.807, 2.05) is 0 Å². The summed E-state index contributed by atoms with van der Waals surface area (Å²) in [5.41, 5.74) is 10.9. The Hall–Kier alpha value is -1.64. The summed E-state index contributed by atoms with van der Waals surface area (Å²) in [5, 5.41) is 0. The highest BCUT2D eigenvalue weighted by Gasteiger charge is 2.16. The smallest absolute Gasteiger partial charge is 0.0596 e. The van der Waals surface area contributed by atoms with Crippen molar-refractivity contribution in [2.75, 3.05) is 14.1 Å². The van der Waals surface area contributed by atoms with E-state index in [4.69, 9.17) is 5.73 Å². The third kappa shape index (κ3) is 3.27. The maximum Gasteiger partial charge on any atom is 0.0596 e. The largest absolute Gasteiger partial charge is 0.326 e. The highest BCUT2D eigenvalue weighted by molar-refractivity contribution is 5.35. The van der Waals surface area contributed by atoms with Gasteiger partial charge in [-0.05, 0) is 42.8 Å². The van der Waals surface area contributed by atoms with Crippen molar-refractivity contribution in [1.29, 1.82) is 0 Å². The molecule has 2 aromatic carbocycles. The average Bonchev–Trinajstić information content (AvgIpc) is 2.48. The van der Waals surface area contributed by atoms with Crippen molar-refractivity contribution in [3.8, 4) is 0 Å². The molecule has 2 N–H and O–H groups in total. The summed E-state index contributed by atoms with van der Waals surface area (Å²) in [5.74, 6) is 0. The van der Waals surface area contributed by atoms with Crippen LogP contribution in [-0.4, -0.2) is 19.0 Å². The van der Waals surface area contributed by atoms with Crippen molar-refractivity contribution >= 4 is 0 Å². The lowest BCUT2D eigenvalue weighted by Gasteiger charge is -2.25. The van der Waals surface area contributed by atoms with Gasteiger partial charge in [-0.3, -0.25) is 4.90 Å². The Morgan fingerprint density at radius 2 is 1.30 bits per heavy atom. The second-order valence-electron chi connectivity index (χ2n) is 5.41. The lowest BCUT2D eigenvalue weighted by molar-refractivity contribution is 0.342. The molecule has 0 heterocycles. The molecule has 0 aliphatic carbocycles. The van der Waals surface area contributed by atoms with Gasteiger partial charge >= 0.3 is 0 Å². The number of aryl methyl sites for hydroxylation is 1. The van der Waals surface area contributed by atoms with Crippen LogP contribution in [0.4, 0.5) is 0 Å². The van der Waals surface area contributed by atoms with E-state index in [-0.39, 0.29) is 6.04 Å². The van der Waals surface area contributed by atoms with E-state index in [1.54, 1.807) is 0 Å². The van der Waals surface area contributed by atoms with Crippen LogP contribution in [0.2, 0.25) is 0 Å². The normalized spacial score (nSPS) is 12.7. The van der Waals surface area contributed by atoms with Crippen LogP contribution in [-0.2, 0) is 13.0 Å². The molecule has 1 atom stereocenters. The summed E-state index contributed by atoms with van der Waals surface area (Å²) in [6, 6.07) is 17.8. The molecule has 0 aliphatic rings. The van der Waals surface area contributed by atoms with Gasteiger partial charge in [-0.2, -0.15) is 0 Å². The average molecular weight is 268 g/mol. The van der Waals surface area contributed by atoms with Crippen LogP contribution in [0.1, 0.15) is 35.2 Å². The lowest BCUT2D eigenvalue weighted by atomic mass is 9.95. The molecular formula is C18H24N2. The van der Waals surface area contributed by atoms with Gasteiger partial charge in [0, 0.05) is 6.54 Å². The molecule has 20 heavy (non-hydrogen) atoms. The zero-order valence-corrected chi connectivity index (χ0v) is 12.6. The second kappa shape index (κ2) is 6.69. The van der Waals surface area contributed by atoms with E-state index in [2.05, 4.69) is 74.4 Å². The molecule has 106 valence electrons. The zero-order chi connectivity index (χ0) is 14.5. The van der Waals surface area contributed by atoms with E-state index in [0.29, 0.717) is 6.54 Å². The van der Waals surface area contributed by atoms with Gasteiger partial charge < -0.3 is 5.73 Å². The first-order valence-electron chi connectivity index (χ1n) is 7.20. The number of nitrogens with two attached hydrogens (primary N) is 1. The molecule has 0 radical (unpaired) electrons. The van der Waals surface area contributed by atoms with E-state index in [9.17, 15) is 0 Å². The molecule has 0 aliphatic heterocycles. The SMILES string of the molecule is CCc1ccc(C(c2ccc(CN)cc2)N(C)C)cc1. The third-order valence-electron chi connectivity index (χ3n) is 3.75. The molecule has 0 saturated heterocycles. The number of nitrogens with zero attached hydrogens (tertiary/aromatic N) is 1. The van der Waals surface area contributed by atoms with Crippen molar-refractivity contribution in [3.05, 3.63) is 70.8 Å². The molecular weight excluding hydrogens is 244 g/mol. The van der Waals surface area contributed by atoms with Gasteiger partial charge in [-0.15, -0.1) is 0 Å². The first kappa shape index (κ1) is 14.8. The lowest BCUT2D eigenvalue weighted by Crippen LogP contribution is -2.21. The third-order valence-corrected chi connectivity index (χ3v) is 3.75. The Kier molecular flexibility index (Phi) is 4.94. The van der Waals surface area contributed by atoms with Crippen LogP contribution in [0.3, 0.4) is 0 Å². The van der Waals surface area contributed by atoms with E-state index < -0.39 is 0 Å². The summed E-state index contributed by atoms with van der Waals surface area (Å²) in [4.78, 5) is 2.25. The van der Waals surface area contributed by atoms with Crippen LogP contribution in [0.5, 0.6) is 0 Å². The summed E-state index contributed by atoms with van der Waals surface area (Å²) in [6.07, 6.45) is 1.08. The van der Waals surface area contributed by atoms with E-state index in [0.717, 1.165) is 6.42 Å². The quantitative estimate of drug-likeness (QED) is 0.901. The zero-order valence-electron chi connectivity index (χ0n) is 12.6. The fourth-order valence-electron chi connectivity index (χ4n) is 2.56. The predicted octanol–water partition coefficient (Wildman–Crippen LogP) is 3.36. The summed E-state index contributed by atoms with van der Waals surface area (Å²) in [6.45, 7) is 2.78. The molecule has 0 fully saturated rings. The van der Waals surface area contributed by atoms with Gasteiger partial charge in [0.1, 0.15) is 0 Å². The maximum absolute atomic E-state index is 5.67. The molecule has 2 nitrogen and oxygen atoms in total. The van der Waals surface area contributed by atoms with Crippen molar-refractivity contribution in [3.63, 3.8) is 0 Å². The van der Waals surface area contributed by atoms with Crippen molar-refractivity contribution in [2.24, 2.45) is 5.73 Å². The molecule has 2 aromatic rings. The monoisotopic (exact) mass is 268 g/mol. The molecule has 2 heteroatoms. The minimum absolute atomic E-state index is 0.285. The molecule has 0 bridgehead atoms. The fraction of sp³-hybridized carbons (Fsp3) is 0.333.